The van der Waals surface area contributed by atoms with Crippen molar-refractivity contribution in [1.82, 2.24) is 25.8 Å². The molecule has 1 rings (SSSR count). The van der Waals surface area contributed by atoms with E-state index in [-0.39, 0.29) is 35.7 Å². The molecule has 9 nitrogen and oxygen atoms in total. The molecule has 0 aromatic rings. The number of carbonyl (C=O) groups excluding carboxylic acids is 3. The molecule has 1 saturated heterocycles. The summed E-state index contributed by atoms with van der Waals surface area (Å²) >= 11 is 0. The highest BCUT2D eigenvalue weighted by molar-refractivity contribution is 5.93. The lowest BCUT2D eigenvalue weighted by Gasteiger charge is -2.33. The summed E-state index contributed by atoms with van der Waals surface area (Å²) in [4.78, 5) is 42.9. The predicted molar refractivity (Wildman–Crippen MR) is 151 cm³/mol. The third-order valence-corrected chi connectivity index (χ3v) is 7.45. The molecule has 2 amide bonds. The topological polar surface area (TPSA) is 120 Å². The van der Waals surface area contributed by atoms with Crippen molar-refractivity contribution in [3.8, 4) is 0 Å². The van der Waals surface area contributed by atoms with E-state index >= 15 is 0 Å². The van der Waals surface area contributed by atoms with Gasteiger partial charge in [-0.3, -0.25) is 19.3 Å². The van der Waals surface area contributed by atoms with Gasteiger partial charge in [-0.25, -0.2) is 0 Å². The Morgan fingerprint density at radius 1 is 0.946 bits per heavy atom. The lowest BCUT2D eigenvalue weighted by atomic mass is 9.95. The molecule has 0 bridgehead atoms. The number of likely N-dealkylation sites (N-methyl/N-ethyl adjacent to an activating group) is 1. The number of carbonyl (C=O) groups is 3. The van der Waals surface area contributed by atoms with Crippen LogP contribution in [0, 0.1) is 5.92 Å². The molecule has 216 valence electrons. The Labute approximate surface area is 226 Å². The van der Waals surface area contributed by atoms with Crippen molar-refractivity contribution < 1.29 is 14.4 Å². The number of rotatable bonds is 20. The van der Waals surface area contributed by atoms with Gasteiger partial charge in [0.1, 0.15) is 0 Å². The molecule has 1 fully saturated rings. The van der Waals surface area contributed by atoms with E-state index in [1.54, 1.807) is 0 Å². The highest BCUT2D eigenvalue weighted by Crippen LogP contribution is 2.29. The molecule has 1 heterocycles. The van der Waals surface area contributed by atoms with Crippen LogP contribution in [0.15, 0.2) is 0 Å². The van der Waals surface area contributed by atoms with E-state index < -0.39 is 12.1 Å². The van der Waals surface area contributed by atoms with E-state index in [0.29, 0.717) is 25.4 Å². The van der Waals surface area contributed by atoms with Crippen molar-refractivity contribution in [3.05, 3.63) is 0 Å². The van der Waals surface area contributed by atoms with Crippen LogP contribution in [0.2, 0.25) is 0 Å². The van der Waals surface area contributed by atoms with Crippen LogP contribution in [-0.2, 0) is 14.4 Å². The zero-order valence-electron chi connectivity index (χ0n) is 24.6. The van der Waals surface area contributed by atoms with Crippen LogP contribution in [0.4, 0.5) is 0 Å². The highest BCUT2D eigenvalue weighted by Gasteiger charge is 2.46. The molecule has 4 unspecified atom stereocenters. The maximum Gasteiger partial charge on any atom is 0.241 e. The molecule has 0 spiro atoms. The van der Waals surface area contributed by atoms with E-state index in [4.69, 9.17) is 5.73 Å². The van der Waals surface area contributed by atoms with Crippen molar-refractivity contribution in [2.75, 3.05) is 33.7 Å². The molecule has 1 aliphatic rings. The SMILES string of the molecule is CNCCCCC1C(=O)N(C(CCCCNC(=O)C(N)CCCCNC(C)C)C(=O)C(C)C)C(C)N1C. The van der Waals surface area contributed by atoms with Gasteiger partial charge < -0.3 is 26.6 Å². The summed E-state index contributed by atoms with van der Waals surface area (Å²) in [5.74, 6) is -0.0695. The highest BCUT2D eigenvalue weighted by atomic mass is 16.2. The Hall–Kier alpha value is -1.55. The van der Waals surface area contributed by atoms with Crippen LogP contribution in [0.25, 0.3) is 0 Å². The number of amides is 2. The van der Waals surface area contributed by atoms with Gasteiger partial charge in [-0.05, 0) is 79.1 Å². The number of hydrogen-bond acceptors (Lipinski definition) is 7. The Morgan fingerprint density at radius 3 is 2.19 bits per heavy atom. The molecular weight excluding hydrogens is 468 g/mol. The molecule has 0 saturated carbocycles. The number of nitrogens with one attached hydrogen (secondary N) is 3. The summed E-state index contributed by atoms with van der Waals surface area (Å²) < 4.78 is 0. The minimum atomic E-state index is -0.488. The summed E-state index contributed by atoms with van der Waals surface area (Å²) in [6.07, 6.45) is 7.41. The number of hydrogen-bond donors (Lipinski definition) is 4. The Kier molecular flexibility index (Phi) is 16.2. The van der Waals surface area contributed by atoms with Crippen molar-refractivity contribution in [2.45, 2.75) is 123 Å². The maximum absolute atomic E-state index is 13.4. The van der Waals surface area contributed by atoms with E-state index in [1.807, 2.05) is 39.8 Å². The van der Waals surface area contributed by atoms with Gasteiger partial charge in [-0.1, -0.05) is 40.5 Å². The van der Waals surface area contributed by atoms with Crippen LogP contribution in [-0.4, -0.2) is 91.5 Å². The van der Waals surface area contributed by atoms with Crippen molar-refractivity contribution in [1.29, 1.82) is 0 Å². The molecule has 0 radical (unpaired) electrons. The van der Waals surface area contributed by atoms with Gasteiger partial charge in [-0.15, -0.1) is 0 Å². The van der Waals surface area contributed by atoms with Crippen molar-refractivity contribution >= 4 is 17.6 Å². The number of unbranched alkanes of at least 4 members (excludes halogenated alkanes) is 3. The van der Waals surface area contributed by atoms with Gasteiger partial charge in [0.25, 0.3) is 0 Å². The summed E-state index contributed by atoms with van der Waals surface area (Å²) in [6.45, 7) is 12.5. The van der Waals surface area contributed by atoms with Crippen LogP contribution in [0.1, 0.15) is 92.4 Å². The fraction of sp³-hybridized carbons (Fsp3) is 0.893. The summed E-state index contributed by atoms with van der Waals surface area (Å²) in [7, 11) is 3.92. The third-order valence-electron chi connectivity index (χ3n) is 7.45. The average Bonchev–Trinajstić information content (AvgIpc) is 3.05. The second-order valence-corrected chi connectivity index (χ2v) is 11.2. The number of Topliss-reactive ketones (excluding diaryl/α,β-unsaturated/α-hetero) is 1. The smallest absolute Gasteiger partial charge is 0.241 e. The fourth-order valence-electron chi connectivity index (χ4n) is 4.99. The molecule has 5 N–H and O–H groups in total. The van der Waals surface area contributed by atoms with E-state index in [2.05, 4.69) is 34.7 Å². The first-order valence-electron chi connectivity index (χ1n) is 14.5. The van der Waals surface area contributed by atoms with Gasteiger partial charge in [-0.2, -0.15) is 0 Å². The van der Waals surface area contributed by atoms with E-state index in [9.17, 15) is 14.4 Å². The van der Waals surface area contributed by atoms with Gasteiger partial charge in [0.15, 0.2) is 5.78 Å². The van der Waals surface area contributed by atoms with Gasteiger partial charge >= 0.3 is 0 Å². The minimum Gasteiger partial charge on any atom is -0.355 e. The largest absolute Gasteiger partial charge is 0.355 e. The number of ketones is 1. The number of nitrogens with two attached hydrogens (primary N) is 1. The van der Waals surface area contributed by atoms with E-state index in [0.717, 1.165) is 58.0 Å². The molecule has 0 aliphatic carbocycles. The normalized spacial score (nSPS) is 20.2. The molecule has 4 atom stereocenters. The lowest BCUT2D eigenvalue weighted by Crippen LogP contribution is -2.49. The van der Waals surface area contributed by atoms with Crippen LogP contribution in [0.5, 0.6) is 0 Å². The van der Waals surface area contributed by atoms with Crippen molar-refractivity contribution in [3.63, 3.8) is 0 Å². The molecule has 0 aromatic carbocycles. The van der Waals surface area contributed by atoms with Crippen LogP contribution in [0.3, 0.4) is 0 Å². The Morgan fingerprint density at radius 2 is 1.57 bits per heavy atom. The average molecular weight is 525 g/mol. The molecule has 1 aliphatic heterocycles. The van der Waals surface area contributed by atoms with Crippen molar-refractivity contribution in [2.24, 2.45) is 11.7 Å². The second-order valence-electron chi connectivity index (χ2n) is 11.2. The first kappa shape index (κ1) is 33.5. The lowest BCUT2D eigenvalue weighted by molar-refractivity contribution is -0.140. The minimum absolute atomic E-state index is 0.0707. The summed E-state index contributed by atoms with van der Waals surface area (Å²) in [5, 5.41) is 9.47. The van der Waals surface area contributed by atoms with Gasteiger partial charge in [0.05, 0.1) is 24.3 Å². The molecule has 0 aromatic heterocycles. The molecule has 37 heavy (non-hydrogen) atoms. The second kappa shape index (κ2) is 17.9. The van der Waals surface area contributed by atoms with Crippen LogP contribution < -0.4 is 21.7 Å². The summed E-state index contributed by atoms with van der Waals surface area (Å²) in [6, 6.07) is -0.617. The Bertz CT molecular complexity index is 687. The Balaban J connectivity index is 2.54. The molecular formula is C28H56N6O3. The van der Waals surface area contributed by atoms with Crippen LogP contribution >= 0.6 is 0 Å². The zero-order valence-corrected chi connectivity index (χ0v) is 24.6. The first-order chi connectivity index (χ1) is 17.5. The van der Waals surface area contributed by atoms with Gasteiger partial charge in [0, 0.05) is 18.5 Å². The zero-order chi connectivity index (χ0) is 28.0. The third kappa shape index (κ3) is 11.4. The van der Waals surface area contributed by atoms with Gasteiger partial charge in [0.2, 0.25) is 11.8 Å². The molecule has 9 heteroatoms. The first-order valence-corrected chi connectivity index (χ1v) is 14.5. The quantitative estimate of drug-likeness (QED) is 0.180. The standard InChI is InChI=1S/C28H56N6O3/c1-20(2)26(35)24(34-22(5)33(7)25(28(34)37)16-9-11-17-30-6)15-10-13-19-32-27(36)23(29)14-8-12-18-31-21(3)4/h20-25,30-31H,8-19,29H2,1-7H3,(H,32,36). The fourth-order valence-corrected chi connectivity index (χ4v) is 4.99. The predicted octanol–water partition coefficient (Wildman–Crippen LogP) is 2.24. The number of nitrogens with zero attached hydrogens (tertiary/aromatic N) is 2. The van der Waals surface area contributed by atoms with E-state index in [1.165, 1.54) is 0 Å². The maximum atomic E-state index is 13.4. The monoisotopic (exact) mass is 524 g/mol. The summed E-state index contributed by atoms with van der Waals surface area (Å²) in [5.41, 5.74) is 6.06.